The third kappa shape index (κ3) is 3.33. The highest BCUT2D eigenvalue weighted by molar-refractivity contribution is 6.74. The van der Waals surface area contributed by atoms with Gasteiger partial charge in [0.1, 0.15) is 12.4 Å². The molecule has 0 spiro atoms. The number of hydrogen-bond donors (Lipinski definition) is 0. The van der Waals surface area contributed by atoms with Gasteiger partial charge in [-0.15, -0.1) is 0 Å². The van der Waals surface area contributed by atoms with Crippen LogP contribution in [0.15, 0.2) is 12.3 Å². The standard InChI is InChI=1S/C11H22O3Si/c1-9-7-12-10(14-9)8-13-15(5,6)11(2,3)4/h10H,1,7-8H2,2-6H3/t10-/m1/s1. The normalized spacial score (nSPS) is 23.0. The summed E-state index contributed by atoms with van der Waals surface area (Å²) in [4.78, 5) is 0. The summed E-state index contributed by atoms with van der Waals surface area (Å²) in [5.41, 5.74) is 0. The molecule has 0 aromatic carbocycles. The minimum atomic E-state index is -1.68. The van der Waals surface area contributed by atoms with E-state index in [0.29, 0.717) is 19.0 Å². The van der Waals surface area contributed by atoms with E-state index < -0.39 is 8.32 Å². The Hall–Kier alpha value is -0.323. The van der Waals surface area contributed by atoms with E-state index in [1.807, 2.05) is 0 Å². The van der Waals surface area contributed by atoms with Crippen LogP contribution in [-0.4, -0.2) is 27.8 Å². The average molecular weight is 230 g/mol. The predicted molar refractivity (Wildman–Crippen MR) is 63.1 cm³/mol. The molecular weight excluding hydrogens is 208 g/mol. The van der Waals surface area contributed by atoms with Gasteiger partial charge in [-0.2, -0.15) is 0 Å². The van der Waals surface area contributed by atoms with Gasteiger partial charge in [0.25, 0.3) is 0 Å². The fraction of sp³-hybridized carbons (Fsp3) is 0.818. The van der Waals surface area contributed by atoms with Gasteiger partial charge >= 0.3 is 0 Å². The van der Waals surface area contributed by atoms with Gasteiger partial charge in [-0.1, -0.05) is 27.4 Å². The molecule has 1 heterocycles. The van der Waals surface area contributed by atoms with Gasteiger partial charge in [0, 0.05) is 0 Å². The first kappa shape index (κ1) is 12.7. The Morgan fingerprint density at radius 3 is 2.47 bits per heavy atom. The van der Waals surface area contributed by atoms with Gasteiger partial charge in [0.15, 0.2) is 8.32 Å². The molecule has 0 aromatic heterocycles. The number of rotatable bonds is 3. The molecule has 1 aliphatic rings. The van der Waals surface area contributed by atoms with Crippen molar-refractivity contribution in [3.8, 4) is 0 Å². The van der Waals surface area contributed by atoms with Gasteiger partial charge in [-0.3, -0.25) is 0 Å². The van der Waals surface area contributed by atoms with Gasteiger partial charge in [0.2, 0.25) is 6.29 Å². The second-order valence-electron chi connectivity index (χ2n) is 5.47. The minimum Gasteiger partial charge on any atom is -0.465 e. The van der Waals surface area contributed by atoms with Crippen LogP contribution in [0.3, 0.4) is 0 Å². The fourth-order valence-electron chi connectivity index (χ4n) is 1.01. The van der Waals surface area contributed by atoms with Crippen LogP contribution in [-0.2, 0) is 13.9 Å². The van der Waals surface area contributed by atoms with Gasteiger partial charge < -0.3 is 13.9 Å². The maximum Gasteiger partial charge on any atom is 0.222 e. The Kier molecular flexibility index (Phi) is 3.63. The van der Waals surface area contributed by atoms with Crippen LogP contribution < -0.4 is 0 Å². The summed E-state index contributed by atoms with van der Waals surface area (Å²) in [6.07, 6.45) is -0.258. The van der Waals surface area contributed by atoms with E-state index in [0.717, 1.165) is 0 Å². The van der Waals surface area contributed by atoms with Crippen LogP contribution in [0, 0.1) is 0 Å². The zero-order valence-electron chi connectivity index (χ0n) is 10.4. The number of hydrogen-bond acceptors (Lipinski definition) is 3. The van der Waals surface area contributed by atoms with E-state index in [1.165, 1.54) is 0 Å². The van der Waals surface area contributed by atoms with E-state index in [1.54, 1.807) is 0 Å². The van der Waals surface area contributed by atoms with Crippen molar-refractivity contribution in [2.24, 2.45) is 0 Å². The predicted octanol–water partition coefficient (Wildman–Crippen LogP) is 2.89. The molecule has 1 saturated heterocycles. The van der Waals surface area contributed by atoms with E-state index >= 15 is 0 Å². The molecule has 0 aromatic rings. The van der Waals surface area contributed by atoms with Crippen molar-refractivity contribution in [2.75, 3.05) is 13.2 Å². The summed E-state index contributed by atoms with van der Waals surface area (Å²) in [5, 5.41) is 0.225. The maximum absolute atomic E-state index is 5.97. The molecule has 1 atom stereocenters. The molecule has 0 radical (unpaired) electrons. The van der Waals surface area contributed by atoms with Crippen molar-refractivity contribution in [1.29, 1.82) is 0 Å². The smallest absolute Gasteiger partial charge is 0.222 e. The number of ether oxygens (including phenoxy) is 2. The summed E-state index contributed by atoms with van der Waals surface area (Å²) >= 11 is 0. The highest BCUT2D eigenvalue weighted by atomic mass is 28.4. The summed E-state index contributed by atoms with van der Waals surface area (Å²) in [6.45, 7) is 15.8. The van der Waals surface area contributed by atoms with E-state index in [9.17, 15) is 0 Å². The molecular formula is C11H22O3Si. The van der Waals surface area contributed by atoms with E-state index in [-0.39, 0.29) is 11.3 Å². The molecule has 15 heavy (non-hydrogen) atoms. The zero-order chi connectivity index (χ0) is 11.7. The Labute approximate surface area is 93.5 Å². The molecule has 1 fully saturated rings. The van der Waals surface area contributed by atoms with Crippen LogP contribution in [0.25, 0.3) is 0 Å². The molecule has 0 amide bonds. The van der Waals surface area contributed by atoms with E-state index in [2.05, 4.69) is 40.4 Å². The average Bonchev–Trinajstić information content (AvgIpc) is 2.46. The van der Waals surface area contributed by atoms with Crippen LogP contribution in [0.5, 0.6) is 0 Å². The molecule has 0 unspecified atom stereocenters. The van der Waals surface area contributed by atoms with Gasteiger partial charge in [0.05, 0.1) is 6.61 Å². The van der Waals surface area contributed by atoms with Crippen molar-refractivity contribution in [3.63, 3.8) is 0 Å². The Bertz CT molecular complexity index is 243. The van der Waals surface area contributed by atoms with Crippen molar-refractivity contribution in [2.45, 2.75) is 45.2 Å². The van der Waals surface area contributed by atoms with Crippen LogP contribution in [0.1, 0.15) is 20.8 Å². The van der Waals surface area contributed by atoms with Crippen LogP contribution >= 0.6 is 0 Å². The molecule has 88 valence electrons. The van der Waals surface area contributed by atoms with Crippen molar-refractivity contribution < 1.29 is 13.9 Å². The SMILES string of the molecule is C=C1CO[C@@H](CO[Si](C)(C)C(C)(C)C)O1. The van der Waals surface area contributed by atoms with Crippen LogP contribution in [0.2, 0.25) is 18.1 Å². The first-order valence-electron chi connectivity index (χ1n) is 5.32. The van der Waals surface area contributed by atoms with Gasteiger partial charge in [-0.05, 0) is 18.1 Å². The lowest BCUT2D eigenvalue weighted by molar-refractivity contribution is -0.0627. The van der Waals surface area contributed by atoms with Crippen LogP contribution in [0.4, 0.5) is 0 Å². The first-order valence-corrected chi connectivity index (χ1v) is 8.23. The monoisotopic (exact) mass is 230 g/mol. The molecule has 1 aliphatic heterocycles. The van der Waals surface area contributed by atoms with Gasteiger partial charge in [-0.25, -0.2) is 0 Å². The molecule has 1 rings (SSSR count). The maximum atomic E-state index is 5.97. The quantitative estimate of drug-likeness (QED) is 0.698. The Morgan fingerprint density at radius 2 is 2.07 bits per heavy atom. The summed E-state index contributed by atoms with van der Waals surface area (Å²) < 4.78 is 16.7. The summed E-state index contributed by atoms with van der Waals surface area (Å²) in [7, 11) is -1.68. The molecule has 3 nitrogen and oxygen atoms in total. The molecule has 0 aliphatic carbocycles. The summed E-state index contributed by atoms with van der Waals surface area (Å²) in [5.74, 6) is 0.693. The Balaban J connectivity index is 2.40. The molecule has 0 bridgehead atoms. The largest absolute Gasteiger partial charge is 0.465 e. The summed E-state index contributed by atoms with van der Waals surface area (Å²) in [6, 6.07) is 0. The zero-order valence-corrected chi connectivity index (χ0v) is 11.4. The molecule has 4 heteroatoms. The first-order chi connectivity index (χ1) is 6.72. The van der Waals surface area contributed by atoms with Crippen molar-refractivity contribution in [3.05, 3.63) is 12.3 Å². The highest BCUT2D eigenvalue weighted by Gasteiger charge is 2.38. The third-order valence-corrected chi connectivity index (χ3v) is 7.62. The lowest BCUT2D eigenvalue weighted by Gasteiger charge is -2.36. The van der Waals surface area contributed by atoms with E-state index in [4.69, 9.17) is 13.9 Å². The Morgan fingerprint density at radius 1 is 1.47 bits per heavy atom. The third-order valence-electron chi connectivity index (χ3n) is 3.11. The minimum absolute atomic E-state index is 0.225. The lowest BCUT2D eigenvalue weighted by atomic mass is 10.2. The fourth-order valence-corrected chi connectivity index (χ4v) is 2.00. The second-order valence-corrected chi connectivity index (χ2v) is 10.3. The second kappa shape index (κ2) is 4.27. The molecule has 0 N–H and O–H groups in total. The highest BCUT2D eigenvalue weighted by Crippen LogP contribution is 2.36. The topological polar surface area (TPSA) is 27.7 Å². The molecule has 0 saturated carbocycles. The lowest BCUT2D eigenvalue weighted by Crippen LogP contribution is -2.42. The van der Waals surface area contributed by atoms with Crippen molar-refractivity contribution >= 4 is 8.32 Å². The van der Waals surface area contributed by atoms with Crippen molar-refractivity contribution in [1.82, 2.24) is 0 Å².